The van der Waals surface area contributed by atoms with E-state index < -0.39 is 0 Å². The summed E-state index contributed by atoms with van der Waals surface area (Å²) in [6, 6.07) is 9.42. The van der Waals surface area contributed by atoms with E-state index in [2.05, 4.69) is 4.74 Å². The van der Waals surface area contributed by atoms with Gasteiger partial charge in [0.2, 0.25) is 0 Å². The fourth-order valence-corrected chi connectivity index (χ4v) is 1.18. The molecule has 100 valence electrons. The molecule has 0 atom stereocenters. The quantitative estimate of drug-likeness (QED) is 0.615. The van der Waals surface area contributed by atoms with Crippen molar-refractivity contribution in [3.8, 4) is 28.7 Å². The number of phenolic OH excluding ortho intramolecular Hbond substituents is 4. The van der Waals surface area contributed by atoms with Crippen LogP contribution in [0, 0.1) is 0 Å². The lowest BCUT2D eigenvalue weighted by Gasteiger charge is -1.98. The summed E-state index contributed by atoms with van der Waals surface area (Å²) < 4.78 is 4.37. The lowest BCUT2D eigenvalue weighted by molar-refractivity contribution is -0.120. The Hall–Kier alpha value is -2.89. The smallest absolute Gasteiger partial charge is 0.298 e. The number of phenols is 4. The average molecular weight is 264 g/mol. The maximum Gasteiger partial charge on any atom is 0.298 e. The fraction of sp³-hybridized carbons (Fsp3) is 0. The van der Waals surface area contributed by atoms with Crippen LogP contribution < -0.4 is 4.74 Å². The van der Waals surface area contributed by atoms with Gasteiger partial charge in [0, 0.05) is 24.3 Å². The number of benzene rings is 2. The van der Waals surface area contributed by atoms with Crippen LogP contribution in [0.4, 0.5) is 0 Å². The van der Waals surface area contributed by atoms with E-state index in [9.17, 15) is 4.79 Å². The minimum Gasteiger partial charge on any atom is -0.508 e. The number of carbonyl (C=O) groups excluding carboxylic acids is 1. The van der Waals surface area contributed by atoms with Gasteiger partial charge in [-0.15, -0.1) is 0 Å². The van der Waals surface area contributed by atoms with Crippen LogP contribution in [0.15, 0.2) is 42.5 Å². The summed E-state index contributed by atoms with van der Waals surface area (Å²) in [5.41, 5.74) is 0. The molecule has 0 saturated heterocycles. The molecule has 0 heterocycles. The van der Waals surface area contributed by atoms with Crippen molar-refractivity contribution in [2.75, 3.05) is 0 Å². The second-order valence-corrected chi connectivity index (χ2v) is 3.42. The van der Waals surface area contributed by atoms with Gasteiger partial charge in [0.15, 0.2) is 0 Å². The number of hydrogen-bond acceptors (Lipinski definition) is 6. The van der Waals surface area contributed by atoms with E-state index >= 15 is 0 Å². The number of aromatic hydroxyl groups is 4. The predicted octanol–water partition coefficient (Wildman–Crippen LogP) is 1.73. The minimum atomic E-state index is -0.151. The molecule has 0 aliphatic heterocycles. The van der Waals surface area contributed by atoms with Gasteiger partial charge in [-0.3, -0.25) is 4.79 Å². The molecule has 6 nitrogen and oxygen atoms in total. The van der Waals surface area contributed by atoms with Crippen LogP contribution in [-0.2, 0) is 4.79 Å². The van der Waals surface area contributed by atoms with E-state index in [4.69, 9.17) is 20.4 Å². The second-order valence-electron chi connectivity index (χ2n) is 3.42. The monoisotopic (exact) mass is 264 g/mol. The van der Waals surface area contributed by atoms with Crippen LogP contribution in [0.5, 0.6) is 28.7 Å². The highest BCUT2D eigenvalue weighted by atomic mass is 16.5. The van der Waals surface area contributed by atoms with Crippen molar-refractivity contribution in [2.45, 2.75) is 0 Å². The van der Waals surface area contributed by atoms with E-state index in [0.717, 1.165) is 6.07 Å². The molecule has 2 aromatic rings. The van der Waals surface area contributed by atoms with Gasteiger partial charge in [-0.25, -0.2) is 0 Å². The van der Waals surface area contributed by atoms with Crippen LogP contribution in [-0.4, -0.2) is 26.9 Å². The van der Waals surface area contributed by atoms with Crippen LogP contribution in [0.3, 0.4) is 0 Å². The number of ether oxygens (including phenoxy) is 1. The Morgan fingerprint density at radius 1 is 0.789 bits per heavy atom. The van der Waals surface area contributed by atoms with Gasteiger partial charge in [0.25, 0.3) is 6.47 Å². The first-order valence-electron chi connectivity index (χ1n) is 5.12. The van der Waals surface area contributed by atoms with Gasteiger partial charge >= 0.3 is 0 Å². The molecule has 0 unspecified atom stereocenters. The molecule has 0 radical (unpaired) electrons. The number of carbonyl (C=O) groups is 1. The van der Waals surface area contributed by atoms with Gasteiger partial charge in [0.1, 0.15) is 28.7 Å². The summed E-state index contributed by atoms with van der Waals surface area (Å²) in [6.45, 7) is 0.216. The first kappa shape index (κ1) is 14.2. The van der Waals surface area contributed by atoms with Gasteiger partial charge in [-0.05, 0) is 12.1 Å². The highest BCUT2D eigenvalue weighted by Gasteiger charge is 1.98. The van der Waals surface area contributed by atoms with Crippen molar-refractivity contribution in [3.05, 3.63) is 42.5 Å². The van der Waals surface area contributed by atoms with Gasteiger partial charge in [-0.2, -0.15) is 0 Å². The molecule has 0 amide bonds. The van der Waals surface area contributed by atoms with Crippen molar-refractivity contribution in [1.82, 2.24) is 0 Å². The highest BCUT2D eigenvalue weighted by molar-refractivity contribution is 5.49. The number of hydrogen-bond donors (Lipinski definition) is 4. The van der Waals surface area contributed by atoms with Gasteiger partial charge in [-0.1, -0.05) is 6.07 Å². The number of rotatable bonds is 2. The summed E-state index contributed by atoms with van der Waals surface area (Å²) in [4.78, 5) is 9.81. The molecule has 0 spiro atoms. The van der Waals surface area contributed by atoms with Crippen molar-refractivity contribution < 1.29 is 30.0 Å². The topological polar surface area (TPSA) is 107 Å². The van der Waals surface area contributed by atoms with E-state index in [1.165, 1.54) is 30.3 Å². The normalized spacial score (nSPS) is 9.05. The SMILES string of the molecule is O=COc1cc(O)cc(O)c1.Oc1cccc(O)c1. The maximum absolute atomic E-state index is 9.81. The summed E-state index contributed by atoms with van der Waals surface area (Å²) in [6.07, 6.45) is 0. The van der Waals surface area contributed by atoms with Crippen LogP contribution in [0.2, 0.25) is 0 Å². The molecule has 0 bridgehead atoms. The zero-order valence-corrected chi connectivity index (χ0v) is 9.72. The Morgan fingerprint density at radius 3 is 1.63 bits per heavy atom. The van der Waals surface area contributed by atoms with Crippen LogP contribution in [0.1, 0.15) is 0 Å². The fourth-order valence-electron chi connectivity index (χ4n) is 1.18. The lowest BCUT2D eigenvalue weighted by Crippen LogP contribution is -1.87. The van der Waals surface area contributed by atoms with Gasteiger partial charge < -0.3 is 25.2 Å². The zero-order valence-electron chi connectivity index (χ0n) is 9.72. The summed E-state index contributed by atoms with van der Waals surface area (Å²) in [7, 11) is 0. The molecule has 4 N–H and O–H groups in total. The Morgan fingerprint density at radius 2 is 1.26 bits per heavy atom. The third kappa shape index (κ3) is 5.31. The molecule has 0 fully saturated rings. The third-order valence-corrected chi connectivity index (χ3v) is 1.89. The standard InChI is InChI=1S/C7H6O4.C6H6O2/c8-4-11-7-2-5(9)1-6(10)3-7;7-5-2-1-3-6(8)4-5/h1-4,9-10H;1-4,7-8H. The van der Waals surface area contributed by atoms with Gasteiger partial charge in [0.05, 0.1) is 0 Å². The predicted molar refractivity (Wildman–Crippen MR) is 66.2 cm³/mol. The van der Waals surface area contributed by atoms with Crippen molar-refractivity contribution >= 4 is 6.47 Å². The summed E-state index contributed by atoms with van der Waals surface area (Å²) in [5, 5.41) is 35.0. The molecular formula is C13H12O6. The molecule has 6 heteroatoms. The van der Waals surface area contributed by atoms with Crippen molar-refractivity contribution in [2.24, 2.45) is 0 Å². The van der Waals surface area contributed by atoms with E-state index in [1.54, 1.807) is 6.07 Å². The van der Waals surface area contributed by atoms with E-state index in [0.29, 0.717) is 0 Å². The summed E-state index contributed by atoms with van der Waals surface area (Å²) >= 11 is 0. The molecular weight excluding hydrogens is 252 g/mol. The van der Waals surface area contributed by atoms with Crippen molar-refractivity contribution in [1.29, 1.82) is 0 Å². The Balaban J connectivity index is 0.000000200. The molecule has 0 saturated carbocycles. The molecule has 2 rings (SSSR count). The Kier molecular flexibility index (Phi) is 5.04. The molecule has 2 aromatic carbocycles. The molecule has 0 aromatic heterocycles. The zero-order chi connectivity index (χ0) is 14.3. The second kappa shape index (κ2) is 6.75. The summed E-state index contributed by atoms with van der Waals surface area (Å²) in [5.74, 6) is -0.0174. The van der Waals surface area contributed by atoms with E-state index in [1.807, 2.05) is 0 Å². The Labute approximate surface area is 108 Å². The third-order valence-electron chi connectivity index (χ3n) is 1.89. The van der Waals surface area contributed by atoms with Crippen LogP contribution >= 0.6 is 0 Å². The van der Waals surface area contributed by atoms with Crippen molar-refractivity contribution in [3.63, 3.8) is 0 Å². The minimum absolute atomic E-state index is 0.0880. The maximum atomic E-state index is 9.81. The van der Waals surface area contributed by atoms with Crippen LogP contribution in [0.25, 0.3) is 0 Å². The molecule has 0 aliphatic rings. The molecule has 0 aliphatic carbocycles. The highest BCUT2D eigenvalue weighted by Crippen LogP contribution is 2.25. The largest absolute Gasteiger partial charge is 0.508 e. The first-order chi connectivity index (χ1) is 9.01. The van der Waals surface area contributed by atoms with E-state index in [-0.39, 0.29) is 35.2 Å². The average Bonchev–Trinajstić information content (AvgIpc) is 2.28. The Bertz CT molecular complexity index is 515. The molecule has 19 heavy (non-hydrogen) atoms. The first-order valence-corrected chi connectivity index (χ1v) is 5.12. The lowest BCUT2D eigenvalue weighted by atomic mass is 10.3.